The molecule has 1 N–H and O–H groups in total. The van der Waals surface area contributed by atoms with Crippen LogP contribution >= 0.6 is 11.6 Å². The molecule has 1 aromatic heterocycles. The molecule has 0 fully saturated rings. The number of rotatable bonds is 7. The zero-order chi connectivity index (χ0) is 16.8. The van der Waals surface area contributed by atoms with Crippen LogP contribution in [0.25, 0.3) is 5.69 Å². The van der Waals surface area contributed by atoms with Gasteiger partial charge in [-0.05, 0) is 18.2 Å². The van der Waals surface area contributed by atoms with Crippen LogP contribution in [0.4, 0.5) is 0 Å². The molecule has 6 heteroatoms. The van der Waals surface area contributed by atoms with Gasteiger partial charge in [-0.1, -0.05) is 17.7 Å². The van der Waals surface area contributed by atoms with Crippen molar-refractivity contribution in [1.29, 1.82) is 0 Å². The number of carbonyl (C=O) groups is 1. The van der Waals surface area contributed by atoms with E-state index >= 15 is 0 Å². The van der Waals surface area contributed by atoms with Crippen molar-refractivity contribution < 1.29 is 14.6 Å². The van der Waals surface area contributed by atoms with Crippen molar-refractivity contribution in [1.82, 2.24) is 9.47 Å². The maximum Gasteiger partial charge on any atom is 0.258 e. The summed E-state index contributed by atoms with van der Waals surface area (Å²) in [5.74, 6) is 0.159. The number of hydrogen-bond acceptors (Lipinski definition) is 3. The van der Waals surface area contributed by atoms with Crippen molar-refractivity contribution in [3.8, 4) is 11.4 Å². The van der Waals surface area contributed by atoms with E-state index in [1.54, 1.807) is 18.2 Å². The fraction of sp³-hybridized carbons (Fsp3) is 0.235. The molecule has 1 amide bonds. The number of aromatic nitrogens is 1. The third-order valence-electron chi connectivity index (χ3n) is 3.39. The van der Waals surface area contributed by atoms with Crippen LogP contribution in [0.5, 0.6) is 5.75 Å². The molecular formula is C17H19ClN2O3. The normalized spacial score (nSPS) is 10.4. The molecular weight excluding hydrogens is 316 g/mol. The first-order chi connectivity index (χ1) is 11.1. The molecule has 2 rings (SSSR count). The van der Waals surface area contributed by atoms with E-state index in [2.05, 4.69) is 6.58 Å². The van der Waals surface area contributed by atoms with E-state index in [1.165, 1.54) is 12.0 Å². The fourth-order valence-corrected chi connectivity index (χ4v) is 2.56. The molecule has 0 saturated carbocycles. The van der Waals surface area contributed by atoms with Crippen molar-refractivity contribution in [3.05, 3.63) is 59.9 Å². The number of aliphatic hydroxyl groups is 1. The lowest BCUT2D eigenvalue weighted by atomic mass is 10.1. The second-order valence-corrected chi connectivity index (χ2v) is 5.26. The highest BCUT2D eigenvalue weighted by Crippen LogP contribution is 2.30. The smallest absolute Gasteiger partial charge is 0.258 e. The molecule has 0 spiro atoms. The van der Waals surface area contributed by atoms with Gasteiger partial charge in [0.05, 0.1) is 30.0 Å². The van der Waals surface area contributed by atoms with Crippen LogP contribution in [-0.4, -0.2) is 47.3 Å². The number of aliphatic hydroxyl groups excluding tert-OH is 1. The van der Waals surface area contributed by atoms with Crippen LogP contribution in [-0.2, 0) is 0 Å². The Labute approximate surface area is 140 Å². The van der Waals surface area contributed by atoms with E-state index in [4.69, 9.17) is 21.4 Å². The van der Waals surface area contributed by atoms with E-state index in [0.717, 1.165) is 5.69 Å². The first-order valence-electron chi connectivity index (χ1n) is 7.14. The van der Waals surface area contributed by atoms with Crippen LogP contribution in [0.1, 0.15) is 10.4 Å². The molecule has 0 saturated heterocycles. The molecule has 0 bridgehead atoms. The van der Waals surface area contributed by atoms with Gasteiger partial charge in [0, 0.05) is 31.5 Å². The quantitative estimate of drug-likeness (QED) is 0.792. The number of hydrogen-bond donors (Lipinski definition) is 1. The van der Waals surface area contributed by atoms with Crippen molar-refractivity contribution in [2.24, 2.45) is 0 Å². The summed E-state index contributed by atoms with van der Waals surface area (Å²) in [5.41, 5.74) is 1.08. The largest absolute Gasteiger partial charge is 0.496 e. The minimum absolute atomic E-state index is 0.128. The van der Waals surface area contributed by atoms with Gasteiger partial charge in [-0.2, -0.15) is 0 Å². The summed E-state index contributed by atoms with van der Waals surface area (Å²) < 4.78 is 7.20. The Balaban J connectivity index is 2.44. The molecule has 2 aromatic rings. The summed E-state index contributed by atoms with van der Waals surface area (Å²) in [7, 11) is 1.50. The molecule has 1 aromatic carbocycles. The highest BCUT2D eigenvalue weighted by atomic mass is 35.5. The van der Waals surface area contributed by atoms with E-state index in [0.29, 0.717) is 22.9 Å². The van der Waals surface area contributed by atoms with Gasteiger partial charge in [-0.3, -0.25) is 4.79 Å². The highest BCUT2D eigenvalue weighted by Gasteiger charge is 2.21. The van der Waals surface area contributed by atoms with Crippen molar-refractivity contribution in [2.75, 3.05) is 26.8 Å². The Morgan fingerprint density at radius 2 is 2.13 bits per heavy atom. The molecule has 0 aliphatic carbocycles. The second kappa shape index (κ2) is 7.85. The minimum Gasteiger partial charge on any atom is -0.496 e. The number of halogens is 1. The van der Waals surface area contributed by atoms with Crippen LogP contribution in [0, 0.1) is 0 Å². The first kappa shape index (κ1) is 17.1. The number of carbonyl (C=O) groups excluding carboxylic acids is 1. The lowest BCUT2D eigenvalue weighted by Crippen LogP contribution is -2.34. The molecule has 0 unspecified atom stereocenters. The van der Waals surface area contributed by atoms with Gasteiger partial charge in [0.15, 0.2) is 0 Å². The van der Waals surface area contributed by atoms with Gasteiger partial charge in [0.1, 0.15) is 5.75 Å². The average Bonchev–Trinajstić information content (AvgIpc) is 3.08. The van der Waals surface area contributed by atoms with Gasteiger partial charge in [-0.15, -0.1) is 6.58 Å². The molecule has 0 aliphatic rings. The van der Waals surface area contributed by atoms with Crippen LogP contribution in [0.15, 0.2) is 49.3 Å². The van der Waals surface area contributed by atoms with E-state index < -0.39 is 0 Å². The second-order valence-electron chi connectivity index (χ2n) is 4.86. The summed E-state index contributed by atoms with van der Waals surface area (Å²) in [5, 5.41) is 9.56. The predicted molar refractivity (Wildman–Crippen MR) is 90.5 cm³/mol. The monoisotopic (exact) mass is 334 g/mol. The van der Waals surface area contributed by atoms with E-state index in [1.807, 2.05) is 29.1 Å². The third-order valence-corrected chi connectivity index (χ3v) is 3.69. The summed E-state index contributed by atoms with van der Waals surface area (Å²) in [6.45, 7) is 4.05. The topological polar surface area (TPSA) is 54.7 Å². The summed E-state index contributed by atoms with van der Waals surface area (Å²) in [4.78, 5) is 14.2. The molecule has 1 heterocycles. The zero-order valence-corrected chi connectivity index (χ0v) is 13.7. The molecule has 5 nitrogen and oxygen atoms in total. The average molecular weight is 335 g/mol. The Hall–Kier alpha value is -2.24. The van der Waals surface area contributed by atoms with Gasteiger partial charge in [0.2, 0.25) is 0 Å². The lowest BCUT2D eigenvalue weighted by molar-refractivity contribution is 0.0739. The first-order valence-corrected chi connectivity index (χ1v) is 7.52. The van der Waals surface area contributed by atoms with E-state index in [-0.39, 0.29) is 19.1 Å². The van der Waals surface area contributed by atoms with Gasteiger partial charge >= 0.3 is 0 Å². The zero-order valence-electron chi connectivity index (χ0n) is 12.9. The number of benzene rings is 1. The lowest BCUT2D eigenvalue weighted by Gasteiger charge is -2.22. The summed E-state index contributed by atoms with van der Waals surface area (Å²) >= 11 is 6.34. The molecule has 0 aliphatic heterocycles. The fourth-order valence-electron chi connectivity index (χ4n) is 2.29. The molecule has 122 valence electrons. The maximum absolute atomic E-state index is 12.7. The van der Waals surface area contributed by atoms with Crippen molar-refractivity contribution in [3.63, 3.8) is 0 Å². The van der Waals surface area contributed by atoms with Crippen LogP contribution < -0.4 is 4.74 Å². The number of methoxy groups -OCH3 is 1. The molecule has 23 heavy (non-hydrogen) atoms. The third kappa shape index (κ3) is 3.75. The number of amides is 1. The summed E-state index contributed by atoms with van der Waals surface area (Å²) in [6.07, 6.45) is 5.33. The van der Waals surface area contributed by atoms with Crippen LogP contribution in [0.3, 0.4) is 0 Å². The predicted octanol–water partition coefficient (Wildman–Crippen LogP) is 2.76. The van der Waals surface area contributed by atoms with Crippen molar-refractivity contribution >= 4 is 17.5 Å². The van der Waals surface area contributed by atoms with Crippen LogP contribution in [0.2, 0.25) is 5.02 Å². The Morgan fingerprint density at radius 1 is 1.43 bits per heavy atom. The highest BCUT2D eigenvalue weighted by molar-refractivity contribution is 6.33. The SMILES string of the molecule is C=CCN(CCO)C(=O)c1cc(Cl)c(-n2cccc2)cc1OC. The Bertz CT molecular complexity index is 683. The van der Waals surface area contributed by atoms with Crippen molar-refractivity contribution in [2.45, 2.75) is 0 Å². The van der Waals surface area contributed by atoms with Gasteiger partial charge < -0.3 is 19.3 Å². The van der Waals surface area contributed by atoms with Gasteiger partial charge in [-0.25, -0.2) is 0 Å². The molecule has 0 atom stereocenters. The molecule has 0 radical (unpaired) electrons. The maximum atomic E-state index is 12.7. The number of nitrogens with zero attached hydrogens (tertiary/aromatic N) is 2. The Kier molecular flexibility index (Phi) is 5.84. The number of ether oxygens (including phenoxy) is 1. The van der Waals surface area contributed by atoms with Gasteiger partial charge in [0.25, 0.3) is 5.91 Å². The van der Waals surface area contributed by atoms with E-state index in [9.17, 15) is 4.79 Å². The summed E-state index contributed by atoms with van der Waals surface area (Å²) in [6, 6.07) is 7.08. The Morgan fingerprint density at radius 3 is 2.70 bits per heavy atom. The minimum atomic E-state index is -0.267. The standard InChI is InChI=1S/C17H19ClN2O3/c1-3-6-20(9-10-21)17(22)13-11-14(18)15(12-16(13)23-2)19-7-4-5-8-19/h3-5,7-8,11-12,21H,1,6,9-10H2,2H3.